The summed E-state index contributed by atoms with van der Waals surface area (Å²) in [6.07, 6.45) is 6.10. The molecule has 0 bridgehead atoms. The minimum atomic E-state index is -0.154. The number of rotatable bonds is 1. The number of fused-ring (bicyclic) bond motifs is 1. The number of nitrogens with zero attached hydrogens (tertiary/aromatic N) is 2. The van der Waals surface area contributed by atoms with Gasteiger partial charge in [-0.2, -0.15) is 0 Å². The largest absolute Gasteiger partial charge is 0.453 e. The van der Waals surface area contributed by atoms with Crippen molar-refractivity contribution in [2.75, 3.05) is 33.3 Å². The maximum atomic E-state index is 11.9. The summed E-state index contributed by atoms with van der Waals surface area (Å²) in [5, 5.41) is 3.67. The van der Waals surface area contributed by atoms with Crippen LogP contribution in [0.1, 0.15) is 32.1 Å². The molecule has 0 spiro atoms. The van der Waals surface area contributed by atoms with Crippen LogP contribution in [0.15, 0.2) is 0 Å². The van der Waals surface area contributed by atoms with Gasteiger partial charge in [0.05, 0.1) is 13.2 Å². The van der Waals surface area contributed by atoms with E-state index in [0.717, 1.165) is 19.5 Å². The quantitative estimate of drug-likeness (QED) is 0.771. The predicted molar refractivity (Wildman–Crippen MR) is 73.1 cm³/mol. The van der Waals surface area contributed by atoms with Gasteiger partial charge in [-0.25, -0.2) is 4.79 Å². The minimum absolute atomic E-state index is 0.154. The van der Waals surface area contributed by atoms with Crippen LogP contribution in [0.5, 0.6) is 0 Å². The number of piperazine rings is 1. The van der Waals surface area contributed by atoms with Crippen molar-refractivity contribution in [3.05, 3.63) is 0 Å². The standard InChI is InChI=1S/C14H25N3O2/c1-19-14(18)17-10-7-15-13-11(5-4-6-12(13)17)16-8-2-3-9-16/h11-13,15H,2-10H2,1H3/t11-,12+,13?/m1/s1. The molecule has 1 aliphatic carbocycles. The van der Waals surface area contributed by atoms with Gasteiger partial charge in [-0.3, -0.25) is 4.90 Å². The third kappa shape index (κ3) is 2.46. The molecule has 1 N–H and O–H groups in total. The van der Waals surface area contributed by atoms with Crippen molar-refractivity contribution in [3.63, 3.8) is 0 Å². The Balaban J connectivity index is 1.74. The fourth-order valence-electron chi connectivity index (χ4n) is 4.12. The number of methoxy groups -OCH3 is 1. The topological polar surface area (TPSA) is 44.8 Å². The Hall–Kier alpha value is -0.810. The Bertz CT molecular complexity index is 331. The van der Waals surface area contributed by atoms with Crippen LogP contribution in [0, 0.1) is 0 Å². The first-order valence-electron chi connectivity index (χ1n) is 7.63. The van der Waals surface area contributed by atoms with Crippen molar-refractivity contribution in [1.29, 1.82) is 0 Å². The molecular formula is C14H25N3O2. The number of likely N-dealkylation sites (tertiary alicyclic amines) is 1. The summed E-state index contributed by atoms with van der Waals surface area (Å²) in [7, 11) is 1.49. The van der Waals surface area contributed by atoms with Gasteiger partial charge in [0.15, 0.2) is 0 Å². The third-order valence-corrected chi connectivity index (χ3v) is 4.98. The van der Waals surface area contributed by atoms with E-state index in [1.807, 2.05) is 4.90 Å². The second-order valence-corrected chi connectivity index (χ2v) is 5.95. The number of carbonyl (C=O) groups excluding carboxylic acids is 1. The van der Waals surface area contributed by atoms with Crippen LogP contribution in [0.4, 0.5) is 4.79 Å². The minimum Gasteiger partial charge on any atom is -0.453 e. The van der Waals surface area contributed by atoms with Crippen molar-refractivity contribution >= 4 is 6.09 Å². The smallest absolute Gasteiger partial charge is 0.409 e. The van der Waals surface area contributed by atoms with Crippen molar-refractivity contribution in [2.24, 2.45) is 0 Å². The molecule has 2 saturated heterocycles. The number of carbonyl (C=O) groups is 1. The van der Waals surface area contributed by atoms with Crippen molar-refractivity contribution in [2.45, 2.75) is 50.2 Å². The molecule has 1 amide bonds. The zero-order valence-electron chi connectivity index (χ0n) is 11.8. The molecule has 0 aromatic rings. The second-order valence-electron chi connectivity index (χ2n) is 5.95. The third-order valence-electron chi connectivity index (χ3n) is 4.98. The summed E-state index contributed by atoms with van der Waals surface area (Å²) in [6.45, 7) is 4.13. The Morgan fingerprint density at radius 3 is 2.58 bits per heavy atom. The van der Waals surface area contributed by atoms with Gasteiger partial charge in [-0.15, -0.1) is 0 Å². The van der Waals surface area contributed by atoms with Crippen LogP contribution in [-0.2, 0) is 4.74 Å². The lowest BCUT2D eigenvalue weighted by atomic mass is 9.83. The lowest BCUT2D eigenvalue weighted by Crippen LogP contribution is -2.67. The van der Waals surface area contributed by atoms with E-state index in [4.69, 9.17) is 4.74 Å². The molecule has 3 rings (SSSR count). The van der Waals surface area contributed by atoms with Crippen molar-refractivity contribution in [3.8, 4) is 0 Å². The molecule has 1 unspecified atom stereocenters. The summed E-state index contributed by atoms with van der Waals surface area (Å²) in [5.41, 5.74) is 0. The van der Waals surface area contributed by atoms with Gasteiger partial charge in [0, 0.05) is 25.2 Å². The van der Waals surface area contributed by atoms with Crippen LogP contribution in [0.2, 0.25) is 0 Å². The van der Waals surface area contributed by atoms with Gasteiger partial charge in [0.25, 0.3) is 0 Å². The maximum absolute atomic E-state index is 11.9. The average molecular weight is 267 g/mol. The van der Waals surface area contributed by atoms with E-state index in [1.54, 1.807) is 0 Å². The van der Waals surface area contributed by atoms with E-state index >= 15 is 0 Å². The normalized spacial score (nSPS) is 36.1. The Morgan fingerprint density at radius 2 is 1.84 bits per heavy atom. The molecule has 5 heteroatoms. The van der Waals surface area contributed by atoms with E-state index < -0.39 is 0 Å². The fourth-order valence-corrected chi connectivity index (χ4v) is 4.12. The summed E-state index contributed by atoms with van der Waals surface area (Å²) in [4.78, 5) is 16.5. The molecule has 5 nitrogen and oxygen atoms in total. The Morgan fingerprint density at radius 1 is 1.11 bits per heavy atom. The van der Waals surface area contributed by atoms with E-state index in [-0.39, 0.29) is 6.09 Å². The highest BCUT2D eigenvalue weighted by Gasteiger charge is 2.43. The van der Waals surface area contributed by atoms with Gasteiger partial charge in [-0.1, -0.05) is 0 Å². The first kappa shape index (κ1) is 13.2. The van der Waals surface area contributed by atoms with Gasteiger partial charge in [0.1, 0.15) is 0 Å². The van der Waals surface area contributed by atoms with E-state index in [0.29, 0.717) is 18.1 Å². The van der Waals surface area contributed by atoms with Gasteiger partial charge >= 0.3 is 6.09 Å². The predicted octanol–water partition coefficient (Wildman–Crippen LogP) is 1.04. The van der Waals surface area contributed by atoms with Crippen LogP contribution >= 0.6 is 0 Å². The number of hydrogen-bond donors (Lipinski definition) is 1. The molecule has 108 valence electrons. The van der Waals surface area contributed by atoms with Gasteiger partial charge in [-0.05, 0) is 45.2 Å². The Labute approximate surface area is 115 Å². The maximum Gasteiger partial charge on any atom is 0.409 e. The molecule has 0 aromatic carbocycles. The fraction of sp³-hybridized carbons (Fsp3) is 0.929. The van der Waals surface area contributed by atoms with E-state index in [1.165, 1.54) is 45.9 Å². The van der Waals surface area contributed by atoms with E-state index in [2.05, 4.69) is 10.2 Å². The summed E-state index contributed by atoms with van der Waals surface area (Å²) in [6, 6.07) is 1.36. The van der Waals surface area contributed by atoms with Crippen LogP contribution in [0.3, 0.4) is 0 Å². The summed E-state index contributed by atoms with van der Waals surface area (Å²) >= 11 is 0. The highest BCUT2D eigenvalue weighted by atomic mass is 16.5. The average Bonchev–Trinajstić information content (AvgIpc) is 2.99. The summed E-state index contributed by atoms with van der Waals surface area (Å²) < 4.78 is 4.95. The SMILES string of the molecule is COC(=O)N1CCNC2[C@H](N3CCCC3)CCC[C@@H]21. The zero-order chi connectivity index (χ0) is 13.2. The number of hydrogen-bond acceptors (Lipinski definition) is 4. The number of nitrogens with one attached hydrogen (secondary N) is 1. The molecule has 2 aliphatic heterocycles. The lowest BCUT2D eigenvalue weighted by Gasteiger charge is -2.49. The highest BCUT2D eigenvalue weighted by molar-refractivity contribution is 5.68. The molecule has 3 aliphatic rings. The van der Waals surface area contributed by atoms with Gasteiger partial charge < -0.3 is 15.0 Å². The highest BCUT2D eigenvalue weighted by Crippen LogP contribution is 2.31. The number of ether oxygens (including phenoxy) is 1. The van der Waals surface area contributed by atoms with Crippen molar-refractivity contribution < 1.29 is 9.53 Å². The molecule has 1 saturated carbocycles. The van der Waals surface area contributed by atoms with Crippen molar-refractivity contribution in [1.82, 2.24) is 15.1 Å². The monoisotopic (exact) mass is 267 g/mol. The molecule has 2 heterocycles. The molecule has 19 heavy (non-hydrogen) atoms. The van der Waals surface area contributed by atoms with Crippen LogP contribution in [-0.4, -0.2) is 67.3 Å². The van der Waals surface area contributed by atoms with Crippen LogP contribution in [0.25, 0.3) is 0 Å². The Kier molecular flexibility index (Phi) is 3.93. The second kappa shape index (κ2) is 5.67. The first-order chi connectivity index (χ1) is 9.31. The molecule has 3 fully saturated rings. The molecule has 3 atom stereocenters. The van der Waals surface area contributed by atoms with Gasteiger partial charge in [0.2, 0.25) is 0 Å². The summed E-state index contributed by atoms with van der Waals surface area (Å²) in [5.74, 6) is 0. The molecule has 0 aromatic heterocycles. The van der Waals surface area contributed by atoms with Crippen LogP contribution < -0.4 is 5.32 Å². The van der Waals surface area contributed by atoms with E-state index in [9.17, 15) is 4.79 Å². The first-order valence-corrected chi connectivity index (χ1v) is 7.63. The number of amides is 1. The molecular weight excluding hydrogens is 242 g/mol. The molecule has 0 radical (unpaired) electrons. The lowest BCUT2D eigenvalue weighted by molar-refractivity contribution is 0.0286. The zero-order valence-corrected chi connectivity index (χ0v) is 11.8.